The van der Waals surface area contributed by atoms with Crippen LogP contribution >= 0.6 is 11.3 Å². The maximum absolute atomic E-state index is 12.4. The molecule has 4 N–H and O–H groups in total. The van der Waals surface area contributed by atoms with Crippen molar-refractivity contribution in [3.8, 4) is 16.9 Å². The number of rotatable bonds is 4. The third-order valence-corrected chi connectivity index (χ3v) is 5.25. The molecule has 9 heteroatoms. The summed E-state index contributed by atoms with van der Waals surface area (Å²) >= 11 is 1.20. The monoisotopic (exact) mass is 429 g/mol. The number of benzene rings is 1. The first-order chi connectivity index (χ1) is 14.0. The van der Waals surface area contributed by atoms with Crippen LogP contribution in [0.1, 0.15) is 36.8 Å². The highest BCUT2D eigenvalue weighted by atomic mass is 32.1. The minimum atomic E-state index is -1.16. The van der Waals surface area contributed by atoms with Crippen molar-refractivity contribution in [3.05, 3.63) is 35.5 Å². The molecule has 0 fully saturated rings. The van der Waals surface area contributed by atoms with Crippen LogP contribution in [0.15, 0.2) is 24.3 Å². The summed E-state index contributed by atoms with van der Waals surface area (Å²) in [5, 5.41) is 13.3. The molecule has 2 heterocycles. The van der Waals surface area contributed by atoms with Crippen LogP contribution in [0.25, 0.3) is 21.3 Å². The highest BCUT2D eigenvalue weighted by Crippen LogP contribution is 2.46. The Bertz CT molecular complexity index is 1150. The number of nitrogen functional groups attached to an aromatic ring is 1. The Balaban J connectivity index is 2.28. The van der Waals surface area contributed by atoms with E-state index in [1.807, 2.05) is 6.07 Å². The molecule has 0 aliphatic rings. The van der Waals surface area contributed by atoms with Crippen molar-refractivity contribution in [1.82, 2.24) is 4.98 Å². The molecule has 30 heavy (non-hydrogen) atoms. The number of hydrogen-bond donors (Lipinski definition) is 3. The molecular formula is C21H23N3O5S. The number of anilines is 2. The topological polar surface area (TPSA) is 124 Å². The lowest BCUT2D eigenvalue weighted by atomic mass is 10.0. The van der Waals surface area contributed by atoms with Gasteiger partial charge in [0.2, 0.25) is 0 Å². The zero-order chi connectivity index (χ0) is 22.2. The first-order valence-corrected chi connectivity index (χ1v) is 9.93. The Hall–Kier alpha value is -3.33. The van der Waals surface area contributed by atoms with Gasteiger partial charge in [-0.2, -0.15) is 0 Å². The molecule has 2 aromatic heterocycles. The van der Waals surface area contributed by atoms with Crippen LogP contribution in [-0.2, 0) is 4.74 Å². The molecule has 8 nitrogen and oxygen atoms in total. The number of carboxylic acid groups (broad SMARTS) is 1. The van der Waals surface area contributed by atoms with Crippen LogP contribution in [0.4, 0.5) is 15.5 Å². The van der Waals surface area contributed by atoms with Crippen LogP contribution in [-0.4, -0.2) is 34.9 Å². The van der Waals surface area contributed by atoms with Gasteiger partial charge < -0.3 is 20.3 Å². The Morgan fingerprint density at radius 3 is 2.57 bits per heavy atom. The fraction of sp³-hybridized carbons (Fsp3) is 0.286. The van der Waals surface area contributed by atoms with Crippen molar-refractivity contribution in [2.75, 3.05) is 18.2 Å². The molecule has 0 saturated carbocycles. The smallest absolute Gasteiger partial charge is 0.412 e. The minimum absolute atomic E-state index is 0.0618. The van der Waals surface area contributed by atoms with E-state index in [2.05, 4.69) is 10.3 Å². The standard InChI is InChI=1S/C21H23N3O5S/c1-10-13(19(25)26)16(22)15-14(11-7-6-8-12(9-11)28-5)17(30-18(15)23-10)24-20(27)29-21(2,3)4/h6-9H,1-5H3,(H2,22,23)(H,24,27)(H,25,26). The first-order valence-electron chi connectivity index (χ1n) is 9.12. The molecule has 1 aromatic carbocycles. The molecule has 158 valence electrons. The number of thiophene rings is 1. The number of ether oxygens (including phenoxy) is 2. The number of carboxylic acids is 1. The Kier molecular flexibility index (Phi) is 5.58. The minimum Gasteiger partial charge on any atom is -0.497 e. The number of carbonyl (C=O) groups excluding carboxylic acids is 1. The van der Waals surface area contributed by atoms with Crippen molar-refractivity contribution in [1.29, 1.82) is 0 Å². The van der Waals surface area contributed by atoms with Crippen molar-refractivity contribution in [2.45, 2.75) is 33.3 Å². The number of pyridine rings is 1. The molecule has 3 aromatic rings. The number of fused-ring (bicyclic) bond motifs is 1. The first kappa shape index (κ1) is 21.4. The summed E-state index contributed by atoms with van der Waals surface area (Å²) in [6.07, 6.45) is -0.632. The number of amides is 1. The molecule has 1 amide bonds. The molecule has 0 aliphatic heterocycles. The number of aromatic nitrogens is 1. The Morgan fingerprint density at radius 2 is 1.97 bits per heavy atom. The van der Waals surface area contributed by atoms with E-state index < -0.39 is 17.7 Å². The predicted octanol–water partition coefficient (Wildman–Crippen LogP) is 4.91. The number of nitrogens with two attached hydrogens (primary N) is 1. The summed E-state index contributed by atoms with van der Waals surface area (Å²) in [5.74, 6) is -0.559. The maximum atomic E-state index is 12.4. The quantitative estimate of drug-likeness (QED) is 0.538. The summed E-state index contributed by atoms with van der Waals surface area (Å²) in [6.45, 7) is 6.89. The van der Waals surface area contributed by atoms with Gasteiger partial charge in [0.15, 0.2) is 0 Å². The largest absolute Gasteiger partial charge is 0.497 e. The van der Waals surface area contributed by atoms with Gasteiger partial charge in [0.1, 0.15) is 26.7 Å². The van der Waals surface area contributed by atoms with Gasteiger partial charge in [-0.1, -0.05) is 23.5 Å². The second-order valence-corrected chi connectivity index (χ2v) is 8.64. The Morgan fingerprint density at radius 1 is 1.27 bits per heavy atom. The zero-order valence-corrected chi connectivity index (χ0v) is 18.1. The summed E-state index contributed by atoms with van der Waals surface area (Å²) in [6, 6.07) is 7.18. The van der Waals surface area contributed by atoms with Gasteiger partial charge in [-0.3, -0.25) is 5.32 Å². The van der Waals surface area contributed by atoms with Gasteiger partial charge in [-0.15, -0.1) is 0 Å². The molecule has 0 spiro atoms. The predicted molar refractivity (Wildman–Crippen MR) is 118 cm³/mol. The van der Waals surface area contributed by atoms with Gasteiger partial charge in [-0.05, 0) is 45.4 Å². The van der Waals surface area contributed by atoms with E-state index in [1.54, 1.807) is 53.0 Å². The van der Waals surface area contributed by atoms with E-state index in [4.69, 9.17) is 15.2 Å². The fourth-order valence-electron chi connectivity index (χ4n) is 3.08. The van der Waals surface area contributed by atoms with E-state index in [0.717, 1.165) is 0 Å². The number of hydrogen-bond acceptors (Lipinski definition) is 7. The van der Waals surface area contributed by atoms with Crippen molar-refractivity contribution in [2.24, 2.45) is 0 Å². The number of methoxy groups -OCH3 is 1. The van der Waals surface area contributed by atoms with Crippen LogP contribution < -0.4 is 15.8 Å². The Labute approximate surface area is 177 Å². The van der Waals surface area contributed by atoms with Gasteiger partial charge >= 0.3 is 12.1 Å². The highest BCUT2D eigenvalue weighted by Gasteiger charge is 2.26. The lowest BCUT2D eigenvalue weighted by molar-refractivity contribution is 0.0634. The van der Waals surface area contributed by atoms with Crippen LogP contribution in [0.5, 0.6) is 5.75 Å². The SMILES string of the molecule is COc1cccc(-c2c(NC(=O)OC(C)(C)C)sc3nc(C)c(C(=O)O)c(N)c23)c1. The van der Waals surface area contributed by atoms with Crippen molar-refractivity contribution < 1.29 is 24.2 Å². The number of aromatic carboxylic acids is 1. The molecule has 0 aliphatic carbocycles. The normalized spacial score (nSPS) is 11.4. The van der Waals surface area contributed by atoms with Crippen LogP contribution in [0, 0.1) is 6.92 Å². The lowest BCUT2D eigenvalue weighted by Gasteiger charge is -2.19. The molecule has 0 radical (unpaired) electrons. The summed E-state index contributed by atoms with van der Waals surface area (Å²) < 4.78 is 10.7. The number of carbonyl (C=O) groups is 2. The van der Waals surface area contributed by atoms with Gasteiger partial charge in [0, 0.05) is 10.9 Å². The molecule has 0 saturated heterocycles. The second kappa shape index (κ2) is 7.83. The van der Waals surface area contributed by atoms with Crippen LogP contribution in [0.3, 0.4) is 0 Å². The van der Waals surface area contributed by atoms with E-state index in [1.165, 1.54) is 11.3 Å². The van der Waals surface area contributed by atoms with Gasteiger partial charge in [0.05, 0.1) is 18.5 Å². The van der Waals surface area contributed by atoms with E-state index in [9.17, 15) is 14.7 Å². The second-order valence-electron chi connectivity index (χ2n) is 7.64. The molecule has 0 unspecified atom stereocenters. The lowest BCUT2D eigenvalue weighted by Crippen LogP contribution is -2.27. The average molecular weight is 429 g/mol. The van der Waals surface area contributed by atoms with Gasteiger partial charge in [-0.25, -0.2) is 14.6 Å². The molecular weight excluding hydrogens is 406 g/mol. The fourth-order valence-corrected chi connectivity index (χ4v) is 4.23. The summed E-state index contributed by atoms with van der Waals surface area (Å²) in [5.41, 5.74) is 7.20. The van der Waals surface area contributed by atoms with E-state index in [-0.39, 0.29) is 11.3 Å². The molecule has 0 atom stereocenters. The molecule has 0 bridgehead atoms. The van der Waals surface area contributed by atoms with Crippen molar-refractivity contribution in [3.63, 3.8) is 0 Å². The van der Waals surface area contributed by atoms with E-state index in [0.29, 0.717) is 37.8 Å². The third kappa shape index (κ3) is 4.16. The number of nitrogens with zero attached hydrogens (tertiary/aromatic N) is 1. The van der Waals surface area contributed by atoms with Gasteiger partial charge in [0.25, 0.3) is 0 Å². The number of aryl methyl sites for hydroxylation is 1. The maximum Gasteiger partial charge on any atom is 0.412 e. The highest BCUT2D eigenvalue weighted by molar-refractivity contribution is 7.23. The summed E-state index contributed by atoms with van der Waals surface area (Å²) in [7, 11) is 1.55. The number of nitrogens with one attached hydrogen (secondary N) is 1. The van der Waals surface area contributed by atoms with E-state index >= 15 is 0 Å². The van der Waals surface area contributed by atoms with Crippen molar-refractivity contribution >= 4 is 44.3 Å². The zero-order valence-electron chi connectivity index (χ0n) is 17.3. The molecule has 3 rings (SSSR count). The van der Waals surface area contributed by atoms with Crippen LogP contribution in [0.2, 0.25) is 0 Å². The average Bonchev–Trinajstić information content (AvgIpc) is 2.97. The summed E-state index contributed by atoms with van der Waals surface area (Å²) in [4.78, 5) is 29.1. The third-order valence-electron chi connectivity index (χ3n) is 4.25.